The molecule has 1 N–H and O–H groups in total. The standard InChI is InChI=1S/C28H33F3N6O2S/c1-17(2)21-12-19(6-7-24(21)39-11-10-35-9-8-33-18(3)16-35)37-26(40)36(25(38)27(37,4)5)20-13-22(28(29,30)31)23(14-32)34-15-20/h6-7,12-13,15,17-18,33H,8-11,16H2,1-5H3. The highest BCUT2D eigenvalue weighted by Gasteiger charge is 2.51. The maximum Gasteiger partial charge on any atom is 0.419 e. The number of anilines is 2. The van der Waals surface area contributed by atoms with Crippen molar-refractivity contribution >= 4 is 34.6 Å². The lowest BCUT2D eigenvalue weighted by Gasteiger charge is -2.32. The summed E-state index contributed by atoms with van der Waals surface area (Å²) in [4.78, 5) is 22.2. The molecule has 0 spiro atoms. The number of amides is 1. The van der Waals surface area contributed by atoms with Gasteiger partial charge in [-0.3, -0.25) is 14.6 Å². The smallest absolute Gasteiger partial charge is 0.419 e. The minimum Gasteiger partial charge on any atom is -0.492 e. The fourth-order valence-electron chi connectivity index (χ4n) is 5.09. The van der Waals surface area contributed by atoms with Crippen LogP contribution >= 0.6 is 12.2 Å². The van der Waals surface area contributed by atoms with Crippen LogP contribution in [0.2, 0.25) is 0 Å². The van der Waals surface area contributed by atoms with E-state index in [1.54, 1.807) is 24.8 Å². The van der Waals surface area contributed by atoms with E-state index in [4.69, 9.17) is 22.2 Å². The Morgan fingerprint density at radius 2 is 2.00 bits per heavy atom. The second-order valence-corrected chi connectivity index (χ2v) is 11.3. The summed E-state index contributed by atoms with van der Waals surface area (Å²) < 4.78 is 47.0. The molecule has 2 aromatic rings. The van der Waals surface area contributed by atoms with Crippen LogP contribution in [0.25, 0.3) is 0 Å². The van der Waals surface area contributed by atoms with Crippen LogP contribution in [0, 0.1) is 11.3 Å². The number of rotatable bonds is 7. The highest BCUT2D eigenvalue weighted by atomic mass is 32.1. The van der Waals surface area contributed by atoms with Crippen molar-refractivity contribution in [2.75, 3.05) is 42.6 Å². The predicted octanol–water partition coefficient (Wildman–Crippen LogP) is 4.68. The van der Waals surface area contributed by atoms with E-state index >= 15 is 0 Å². The van der Waals surface area contributed by atoms with E-state index < -0.39 is 28.9 Å². The number of pyridine rings is 1. The van der Waals surface area contributed by atoms with Crippen LogP contribution in [0.3, 0.4) is 0 Å². The van der Waals surface area contributed by atoms with Crippen LogP contribution in [0.5, 0.6) is 5.75 Å². The highest BCUT2D eigenvalue weighted by Crippen LogP contribution is 2.41. The Bertz CT molecular complexity index is 1340. The third kappa shape index (κ3) is 5.77. The molecule has 40 heavy (non-hydrogen) atoms. The zero-order valence-corrected chi connectivity index (χ0v) is 24.0. The van der Waals surface area contributed by atoms with Crippen LogP contribution in [0.15, 0.2) is 30.5 Å². The third-order valence-corrected chi connectivity index (χ3v) is 7.57. The summed E-state index contributed by atoms with van der Waals surface area (Å²) in [6.07, 6.45) is -3.76. The highest BCUT2D eigenvalue weighted by molar-refractivity contribution is 7.81. The molecule has 0 radical (unpaired) electrons. The minimum atomic E-state index is -4.82. The number of ether oxygens (including phenoxy) is 1. The molecule has 2 aliphatic rings. The molecular weight excluding hydrogens is 541 g/mol. The summed E-state index contributed by atoms with van der Waals surface area (Å²) >= 11 is 5.66. The van der Waals surface area contributed by atoms with Gasteiger partial charge in [-0.15, -0.1) is 0 Å². The van der Waals surface area contributed by atoms with Crippen LogP contribution in [0.1, 0.15) is 57.4 Å². The zero-order valence-electron chi connectivity index (χ0n) is 23.2. The first-order chi connectivity index (χ1) is 18.8. The lowest BCUT2D eigenvalue weighted by molar-refractivity contribution is -0.138. The van der Waals surface area contributed by atoms with E-state index in [9.17, 15) is 18.0 Å². The number of carbonyl (C=O) groups is 1. The Hall–Kier alpha value is -3.27. The van der Waals surface area contributed by atoms with Gasteiger partial charge in [0.2, 0.25) is 0 Å². The van der Waals surface area contributed by atoms with E-state index in [2.05, 4.69) is 22.1 Å². The van der Waals surface area contributed by atoms with Crippen molar-refractivity contribution in [2.24, 2.45) is 0 Å². The summed E-state index contributed by atoms with van der Waals surface area (Å²) in [6, 6.07) is 8.20. The van der Waals surface area contributed by atoms with Gasteiger partial charge in [0, 0.05) is 37.9 Å². The first kappa shape index (κ1) is 29.7. The molecule has 214 valence electrons. The first-order valence-corrected chi connectivity index (χ1v) is 13.5. The first-order valence-electron chi connectivity index (χ1n) is 13.1. The van der Waals surface area contributed by atoms with Gasteiger partial charge in [-0.1, -0.05) is 13.8 Å². The molecule has 0 aliphatic carbocycles. The minimum absolute atomic E-state index is 0.0193. The summed E-state index contributed by atoms with van der Waals surface area (Å²) in [5.41, 5.74) is -1.79. The average molecular weight is 575 g/mol. The van der Waals surface area contributed by atoms with Gasteiger partial charge in [-0.25, -0.2) is 4.98 Å². The second-order valence-electron chi connectivity index (χ2n) is 10.9. The number of nitriles is 1. The monoisotopic (exact) mass is 574 g/mol. The van der Waals surface area contributed by atoms with E-state index in [1.165, 1.54) is 6.07 Å². The Morgan fingerprint density at radius 3 is 2.62 bits per heavy atom. The fraction of sp³-hybridized carbons (Fsp3) is 0.500. The zero-order chi connectivity index (χ0) is 29.4. The van der Waals surface area contributed by atoms with Crippen molar-refractivity contribution in [3.05, 3.63) is 47.3 Å². The van der Waals surface area contributed by atoms with Crippen LogP contribution in [-0.4, -0.2) is 65.3 Å². The molecule has 1 amide bonds. The second kappa shape index (κ2) is 11.3. The van der Waals surface area contributed by atoms with Gasteiger partial charge >= 0.3 is 6.18 Å². The van der Waals surface area contributed by atoms with Crippen molar-refractivity contribution in [2.45, 2.75) is 58.3 Å². The largest absolute Gasteiger partial charge is 0.492 e. The molecule has 1 unspecified atom stereocenters. The number of nitrogens with zero attached hydrogens (tertiary/aromatic N) is 5. The molecule has 8 nitrogen and oxygen atoms in total. The molecule has 2 fully saturated rings. The van der Waals surface area contributed by atoms with Gasteiger partial charge in [0.1, 0.15) is 24.0 Å². The summed E-state index contributed by atoms with van der Waals surface area (Å²) in [6.45, 7) is 13.8. The normalized spacial score (nSPS) is 19.9. The number of alkyl halides is 3. The maximum absolute atomic E-state index is 13.6. The van der Waals surface area contributed by atoms with Crippen LogP contribution in [-0.2, 0) is 11.0 Å². The summed E-state index contributed by atoms with van der Waals surface area (Å²) in [5.74, 6) is 0.324. The lowest BCUT2D eigenvalue weighted by atomic mass is 9.98. The number of hydrogen-bond acceptors (Lipinski definition) is 7. The number of hydrogen-bond donors (Lipinski definition) is 1. The van der Waals surface area contributed by atoms with E-state index in [0.29, 0.717) is 18.3 Å². The van der Waals surface area contributed by atoms with Gasteiger partial charge in [0.25, 0.3) is 5.91 Å². The molecule has 2 aliphatic heterocycles. The van der Waals surface area contributed by atoms with Gasteiger partial charge in [-0.05, 0) is 68.7 Å². The number of nitrogens with one attached hydrogen (secondary N) is 1. The van der Waals surface area contributed by atoms with Crippen molar-refractivity contribution in [3.8, 4) is 11.8 Å². The molecule has 1 aromatic carbocycles. The summed E-state index contributed by atoms with van der Waals surface area (Å²) in [7, 11) is 0. The quantitative estimate of drug-likeness (QED) is 0.477. The number of halogens is 3. The number of carbonyl (C=O) groups excluding carboxylic acids is 1. The van der Waals surface area contributed by atoms with E-state index in [1.807, 2.05) is 26.0 Å². The Morgan fingerprint density at radius 1 is 1.27 bits per heavy atom. The molecule has 4 rings (SSSR count). The molecule has 3 heterocycles. The topological polar surface area (TPSA) is 84.7 Å². The molecule has 2 saturated heterocycles. The van der Waals surface area contributed by atoms with Crippen LogP contribution < -0.4 is 19.9 Å². The molecule has 1 aromatic heterocycles. The number of aromatic nitrogens is 1. The predicted molar refractivity (Wildman–Crippen MR) is 151 cm³/mol. The van der Waals surface area contributed by atoms with E-state index in [0.717, 1.165) is 54.7 Å². The maximum atomic E-state index is 13.6. The molecule has 0 bridgehead atoms. The Kier molecular flexibility index (Phi) is 8.40. The molecule has 1 atom stereocenters. The van der Waals surface area contributed by atoms with Crippen molar-refractivity contribution in [1.82, 2.24) is 15.2 Å². The lowest BCUT2D eigenvalue weighted by Crippen LogP contribution is -2.50. The Balaban J connectivity index is 1.61. The number of thiocarbonyl (C=S) groups is 1. The average Bonchev–Trinajstić information content (AvgIpc) is 3.06. The summed E-state index contributed by atoms with van der Waals surface area (Å²) in [5, 5.41) is 12.5. The molecule has 12 heteroatoms. The van der Waals surface area contributed by atoms with Gasteiger partial charge < -0.3 is 15.0 Å². The SMILES string of the molecule is CC1CN(CCOc2ccc(N3C(=S)N(c4cnc(C#N)c(C(F)(F)F)c4)C(=O)C3(C)C)cc2C(C)C)CCN1. The number of benzene rings is 1. The van der Waals surface area contributed by atoms with Crippen molar-refractivity contribution in [3.63, 3.8) is 0 Å². The van der Waals surface area contributed by atoms with Gasteiger partial charge in [0.05, 0.1) is 17.4 Å². The fourth-order valence-corrected chi connectivity index (χ4v) is 5.62. The third-order valence-electron chi connectivity index (χ3n) is 7.20. The van der Waals surface area contributed by atoms with Crippen molar-refractivity contribution < 1.29 is 22.7 Å². The number of piperazine rings is 1. The Labute approximate surface area is 237 Å². The van der Waals surface area contributed by atoms with Gasteiger partial charge in [0.15, 0.2) is 10.8 Å². The van der Waals surface area contributed by atoms with Crippen LogP contribution in [0.4, 0.5) is 24.5 Å². The van der Waals surface area contributed by atoms with E-state index in [-0.39, 0.29) is 16.7 Å². The van der Waals surface area contributed by atoms with Gasteiger partial charge in [-0.2, -0.15) is 18.4 Å². The van der Waals surface area contributed by atoms with Crippen molar-refractivity contribution in [1.29, 1.82) is 5.26 Å². The molecular formula is C28H33F3N6O2S. The molecule has 0 saturated carbocycles.